The van der Waals surface area contributed by atoms with Crippen LogP contribution >= 0.6 is 0 Å². The molecule has 1 saturated carbocycles. The van der Waals surface area contributed by atoms with Gasteiger partial charge in [-0.3, -0.25) is 4.79 Å². The minimum atomic E-state index is -0.0553. The summed E-state index contributed by atoms with van der Waals surface area (Å²) in [5.41, 5.74) is 2.44. The Labute approximate surface area is 108 Å². The van der Waals surface area contributed by atoms with Crippen LogP contribution in [0.15, 0.2) is 24.3 Å². The lowest BCUT2D eigenvalue weighted by atomic mass is 9.71. The van der Waals surface area contributed by atoms with Gasteiger partial charge in [0, 0.05) is 6.61 Å². The van der Waals surface area contributed by atoms with Crippen LogP contribution in [0, 0.1) is 5.92 Å². The molecule has 18 heavy (non-hydrogen) atoms. The van der Waals surface area contributed by atoms with Crippen LogP contribution < -0.4 is 0 Å². The van der Waals surface area contributed by atoms with Crippen molar-refractivity contribution in [3.63, 3.8) is 0 Å². The molecule has 1 aliphatic rings. The predicted octanol–water partition coefficient (Wildman–Crippen LogP) is 2.28. The van der Waals surface area contributed by atoms with Gasteiger partial charge in [-0.25, -0.2) is 0 Å². The zero-order valence-corrected chi connectivity index (χ0v) is 10.8. The molecule has 0 heterocycles. The quantitative estimate of drug-likeness (QED) is 0.813. The van der Waals surface area contributed by atoms with Crippen molar-refractivity contribution in [2.45, 2.75) is 32.1 Å². The average Bonchev–Trinajstić information content (AvgIpc) is 2.28. The Balaban J connectivity index is 1.91. The van der Waals surface area contributed by atoms with Crippen molar-refractivity contribution in [3.05, 3.63) is 35.4 Å². The molecule has 1 aromatic carbocycles. The molecule has 3 heteroatoms. The molecule has 0 aliphatic heterocycles. The minimum Gasteiger partial charge on any atom is -0.466 e. The first kappa shape index (κ1) is 13.1. The van der Waals surface area contributed by atoms with Crippen molar-refractivity contribution in [1.29, 1.82) is 0 Å². The molecule has 1 aromatic rings. The van der Waals surface area contributed by atoms with Gasteiger partial charge in [0.2, 0.25) is 0 Å². The monoisotopic (exact) mass is 248 g/mol. The number of hydrogen-bond acceptors (Lipinski definition) is 3. The number of hydrogen-bond donors (Lipinski definition) is 1. The van der Waals surface area contributed by atoms with Crippen LogP contribution in [0.1, 0.15) is 36.8 Å². The Morgan fingerprint density at radius 3 is 2.89 bits per heavy atom. The molecule has 0 spiro atoms. The standard InChI is InChI=1S/C15H20O3/c1-2-18-15(17)14-9-13(10-14)12-5-3-4-11(8-12)6-7-16/h3-5,8,13-14,16H,2,6-7,9-10H2,1H3. The molecule has 0 radical (unpaired) electrons. The van der Waals surface area contributed by atoms with Crippen LogP contribution in [0.4, 0.5) is 0 Å². The van der Waals surface area contributed by atoms with E-state index in [1.54, 1.807) is 0 Å². The number of aliphatic hydroxyl groups is 1. The number of carbonyl (C=O) groups is 1. The van der Waals surface area contributed by atoms with Crippen molar-refractivity contribution in [1.82, 2.24) is 0 Å². The van der Waals surface area contributed by atoms with Gasteiger partial charge in [0.15, 0.2) is 0 Å². The van der Waals surface area contributed by atoms with Crippen LogP contribution in [0.2, 0.25) is 0 Å². The topological polar surface area (TPSA) is 46.5 Å². The van der Waals surface area contributed by atoms with Gasteiger partial charge in [0.05, 0.1) is 12.5 Å². The zero-order chi connectivity index (χ0) is 13.0. The first-order valence-electron chi connectivity index (χ1n) is 6.61. The maximum Gasteiger partial charge on any atom is 0.308 e. The summed E-state index contributed by atoms with van der Waals surface area (Å²) in [7, 11) is 0. The van der Waals surface area contributed by atoms with E-state index in [2.05, 4.69) is 12.1 Å². The fourth-order valence-electron chi connectivity index (χ4n) is 2.47. The third-order valence-electron chi connectivity index (χ3n) is 3.58. The SMILES string of the molecule is CCOC(=O)C1CC(c2cccc(CCO)c2)C1. The van der Waals surface area contributed by atoms with Gasteiger partial charge >= 0.3 is 5.97 Å². The number of carbonyl (C=O) groups excluding carboxylic acids is 1. The smallest absolute Gasteiger partial charge is 0.308 e. The lowest BCUT2D eigenvalue weighted by Crippen LogP contribution is -2.30. The van der Waals surface area contributed by atoms with Crippen molar-refractivity contribution < 1.29 is 14.6 Å². The summed E-state index contributed by atoms with van der Waals surface area (Å²) in [4.78, 5) is 11.5. The van der Waals surface area contributed by atoms with Crippen LogP contribution in [0.25, 0.3) is 0 Å². The van der Waals surface area contributed by atoms with E-state index < -0.39 is 0 Å². The number of esters is 1. The van der Waals surface area contributed by atoms with E-state index in [0.717, 1.165) is 18.4 Å². The zero-order valence-electron chi connectivity index (χ0n) is 10.8. The molecule has 98 valence electrons. The molecule has 1 aliphatic carbocycles. The molecule has 0 atom stereocenters. The van der Waals surface area contributed by atoms with Gasteiger partial charge in [0.25, 0.3) is 0 Å². The summed E-state index contributed by atoms with van der Waals surface area (Å²) < 4.78 is 5.02. The number of aliphatic hydroxyl groups excluding tert-OH is 1. The molecule has 1 fully saturated rings. The fourth-order valence-corrected chi connectivity index (χ4v) is 2.47. The summed E-state index contributed by atoms with van der Waals surface area (Å²) >= 11 is 0. The van der Waals surface area contributed by atoms with Gasteiger partial charge in [-0.05, 0) is 43.2 Å². The fraction of sp³-hybridized carbons (Fsp3) is 0.533. The van der Waals surface area contributed by atoms with Crippen molar-refractivity contribution in [2.24, 2.45) is 5.92 Å². The Morgan fingerprint density at radius 2 is 2.22 bits per heavy atom. The van der Waals surface area contributed by atoms with Gasteiger partial charge in [-0.15, -0.1) is 0 Å². The van der Waals surface area contributed by atoms with E-state index in [-0.39, 0.29) is 18.5 Å². The highest BCUT2D eigenvalue weighted by molar-refractivity contribution is 5.73. The first-order valence-corrected chi connectivity index (χ1v) is 6.61. The average molecular weight is 248 g/mol. The van der Waals surface area contributed by atoms with Crippen LogP contribution in [-0.4, -0.2) is 24.3 Å². The Morgan fingerprint density at radius 1 is 1.44 bits per heavy atom. The van der Waals surface area contributed by atoms with Crippen LogP contribution in [-0.2, 0) is 16.0 Å². The molecular weight excluding hydrogens is 228 g/mol. The van der Waals surface area contributed by atoms with Crippen molar-refractivity contribution >= 4 is 5.97 Å². The second-order valence-corrected chi connectivity index (χ2v) is 4.84. The Kier molecular flexibility index (Phi) is 4.37. The number of ether oxygens (including phenoxy) is 1. The highest BCUT2D eigenvalue weighted by atomic mass is 16.5. The Hall–Kier alpha value is -1.35. The van der Waals surface area contributed by atoms with E-state index >= 15 is 0 Å². The largest absolute Gasteiger partial charge is 0.466 e. The van der Waals surface area contributed by atoms with E-state index in [0.29, 0.717) is 18.9 Å². The Bertz CT molecular complexity index is 408. The highest BCUT2D eigenvalue weighted by Crippen LogP contribution is 2.42. The highest BCUT2D eigenvalue weighted by Gasteiger charge is 2.36. The van der Waals surface area contributed by atoms with Crippen LogP contribution in [0.3, 0.4) is 0 Å². The predicted molar refractivity (Wildman–Crippen MR) is 69.3 cm³/mol. The molecule has 2 rings (SSSR count). The molecule has 3 nitrogen and oxygen atoms in total. The maximum atomic E-state index is 11.5. The molecule has 0 amide bonds. The summed E-state index contributed by atoms with van der Waals surface area (Å²) in [5.74, 6) is 0.495. The van der Waals surface area contributed by atoms with Gasteiger partial charge in [0.1, 0.15) is 0 Å². The molecule has 0 aromatic heterocycles. The molecule has 0 bridgehead atoms. The first-order chi connectivity index (χ1) is 8.74. The summed E-state index contributed by atoms with van der Waals surface area (Å²) in [5, 5.41) is 8.93. The summed E-state index contributed by atoms with van der Waals surface area (Å²) in [6.07, 6.45) is 2.48. The van der Waals surface area contributed by atoms with Crippen molar-refractivity contribution in [3.8, 4) is 0 Å². The molecule has 1 N–H and O–H groups in total. The third-order valence-corrected chi connectivity index (χ3v) is 3.58. The third kappa shape index (κ3) is 2.91. The van der Waals surface area contributed by atoms with Gasteiger partial charge in [-0.1, -0.05) is 24.3 Å². The van der Waals surface area contributed by atoms with E-state index in [9.17, 15) is 4.79 Å². The molecule has 0 saturated heterocycles. The summed E-state index contributed by atoms with van der Waals surface area (Å²) in [6, 6.07) is 8.30. The molecule has 0 unspecified atom stereocenters. The number of benzene rings is 1. The second kappa shape index (κ2) is 6.01. The lowest BCUT2D eigenvalue weighted by molar-refractivity contribution is -0.151. The maximum absolute atomic E-state index is 11.5. The van der Waals surface area contributed by atoms with Gasteiger partial charge < -0.3 is 9.84 Å². The van der Waals surface area contributed by atoms with E-state index in [1.807, 2.05) is 19.1 Å². The van der Waals surface area contributed by atoms with E-state index in [4.69, 9.17) is 9.84 Å². The lowest BCUT2D eigenvalue weighted by Gasteiger charge is -2.34. The summed E-state index contributed by atoms with van der Waals surface area (Å²) in [6.45, 7) is 2.48. The minimum absolute atomic E-state index is 0.0553. The van der Waals surface area contributed by atoms with Crippen LogP contribution in [0.5, 0.6) is 0 Å². The molecular formula is C15H20O3. The van der Waals surface area contributed by atoms with E-state index in [1.165, 1.54) is 5.56 Å². The number of rotatable bonds is 5. The van der Waals surface area contributed by atoms with Gasteiger partial charge in [-0.2, -0.15) is 0 Å². The normalized spacial score (nSPS) is 22.3. The second-order valence-electron chi connectivity index (χ2n) is 4.84. The van der Waals surface area contributed by atoms with Crippen molar-refractivity contribution in [2.75, 3.05) is 13.2 Å².